The van der Waals surface area contributed by atoms with Gasteiger partial charge in [-0.1, -0.05) is 165 Å². The summed E-state index contributed by atoms with van der Waals surface area (Å²) in [6, 6.07) is -1.53. The first-order valence-electron chi connectivity index (χ1n) is 21.7. The van der Waals surface area contributed by atoms with E-state index >= 15 is 0 Å². The van der Waals surface area contributed by atoms with Crippen molar-refractivity contribution in [1.29, 1.82) is 0 Å². The highest BCUT2D eigenvalue weighted by atomic mass is 31.2. The maximum atomic E-state index is 12.6. The van der Waals surface area contributed by atoms with Crippen LogP contribution in [0.25, 0.3) is 0 Å². The number of esters is 2. The molecule has 0 spiro atoms. The van der Waals surface area contributed by atoms with Crippen LogP contribution in [-0.4, -0.2) is 59.9 Å². The fraction of sp³-hybridized carbons (Fsp3) is 0.750. The van der Waals surface area contributed by atoms with Gasteiger partial charge in [0, 0.05) is 12.8 Å². The normalized spacial score (nSPS) is 14.2. The van der Waals surface area contributed by atoms with Crippen molar-refractivity contribution in [3.05, 3.63) is 48.6 Å². The van der Waals surface area contributed by atoms with Crippen LogP contribution in [0.3, 0.4) is 0 Å². The van der Waals surface area contributed by atoms with E-state index in [2.05, 4.69) is 60.9 Å². The van der Waals surface area contributed by atoms with Crippen LogP contribution >= 0.6 is 7.82 Å². The third kappa shape index (κ3) is 38.3. The van der Waals surface area contributed by atoms with Crippen molar-refractivity contribution >= 4 is 25.7 Å². The lowest BCUT2D eigenvalue weighted by atomic mass is 10.1. The fourth-order valence-electron chi connectivity index (χ4n) is 5.65. The Hall–Kier alpha value is -2.56. The molecule has 0 heterocycles. The van der Waals surface area contributed by atoms with E-state index in [1.807, 2.05) is 6.08 Å². The van der Waals surface area contributed by atoms with Crippen LogP contribution in [0.4, 0.5) is 0 Å². The minimum Gasteiger partial charge on any atom is -0.480 e. The van der Waals surface area contributed by atoms with Gasteiger partial charge >= 0.3 is 25.7 Å². The second kappa shape index (κ2) is 39.3. The molecule has 0 rings (SSSR count). The van der Waals surface area contributed by atoms with Gasteiger partial charge in [-0.15, -0.1) is 0 Å². The molecule has 4 N–H and O–H groups in total. The van der Waals surface area contributed by atoms with Gasteiger partial charge in [-0.05, 0) is 51.4 Å². The first kappa shape index (κ1) is 53.4. The summed E-state index contributed by atoms with van der Waals surface area (Å²) >= 11 is 0. The van der Waals surface area contributed by atoms with Crippen LogP contribution in [-0.2, 0) is 37.5 Å². The Morgan fingerprint density at radius 2 is 0.964 bits per heavy atom. The number of carbonyl (C=O) groups is 3. The summed E-state index contributed by atoms with van der Waals surface area (Å²) in [5, 5.41) is 8.87. The summed E-state index contributed by atoms with van der Waals surface area (Å²) in [7, 11) is -4.72. The van der Waals surface area contributed by atoms with Crippen LogP contribution < -0.4 is 5.73 Å². The first-order valence-corrected chi connectivity index (χ1v) is 23.2. The zero-order chi connectivity index (χ0) is 41.4. The van der Waals surface area contributed by atoms with Crippen molar-refractivity contribution in [2.45, 2.75) is 193 Å². The zero-order valence-corrected chi connectivity index (χ0v) is 35.9. The molecule has 0 fully saturated rings. The second-order valence-electron chi connectivity index (χ2n) is 14.5. The van der Waals surface area contributed by atoms with Gasteiger partial charge in [0.2, 0.25) is 0 Å². The van der Waals surface area contributed by atoms with Crippen molar-refractivity contribution in [2.75, 3.05) is 19.8 Å². The number of hydrogen-bond donors (Lipinski definition) is 3. The summed E-state index contributed by atoms with van der Waals surface area (Å²) in [6.45, 7) is 2.73. The van der Waals surface area contributed by atoms with Gasteiger partial charge in [-0.2, -0.15) is 0 Å². The van der Waals surface area contributed by atoms with Gasteiger partial charge < -0.3 is 25.2 Å². The number of aliphatic carboxylic acids is 1. The maximum absolute atomic E-state index is 12.6. The highest BCUT2D eigenvalue weighted by molar-refractivity contribution is 7.47. The lowest BCUT2D eigenvalue weighted by Crippen LogP contribution is -2.34. The largest absolute Gasteiger partial charge is 0.480 e. The molecule has 3 atom stereocenters. The minimum atomic E-state index is -4.72. The summed E-state index contributed by atoms with van der Waals surface area (Å²) in [5.41, 5.74) is 5.32. The number of carboxylic acids is 1. The standard InChI is InChI=1S/C44H78NO10P/c1-3-5-7-9-11-13-15-16-17-18-19-20-21-22-23-24-26-27-29-31-33-35-42(46)52-37-40(38-53-56(50,51)54-39-41(45)44(48)49)55-43(47)36-34-32-30-28-25-14-12-10-8-6-4-2/h17-18,20-21,23-24,27,29,40-41H,3-16,19,22,25-26,28,30-39,45H2,1-2H3,(H,48,49)(H,50,51)/b18-17+,21-20+,24-23+,29-27+/t40-,41-/m0/s1. The van der Waals surface area contributed by atoms with Crippen LogP contribution in [0.15, 0.2) is 48.6 Å². The summed E-state index contributed by atoms with van der Waals surface area (Å²) < 4.78 is 32.6. The van der Waals surface area contributed by atoms with Gasteiger partial charge in [0.15, 0.2) is 6.10 Å². The van der Waals surface area contributed by atoms with Gasteiger partial charge in [0.25, 0.3) is 0 Å². The van der Waals surface area contributed by atoms with Gasteiger partial charge in [-0.25, -0.2) is 4.57 Å². The SMILES string of the molecule is CCCCCCCCC/C=C/C/C=C/C/C=C/C/C=C/CCCC(=O)OC[C@@H](COP(=O)(O)OC[C@H](N)C(=O)O)OC(=O)CCCCCCCCCCCCC. The third-order valence-electron chi connectivity index (χ3n) is 9.08. The number of allylic oxidation sites excluding steroid dienone is 8. The van der Waals surface area contributed by atoms with Crippen molar-refractivity contribution in [3.8, 4) is 0 Å². The molecule has 0 aromatic heterocycles. The molecule has 0 bridgehead atoms. The molecule has 12 heteroatoms. The number of carboxylic acid groups (broad SMARTS) is 1. The highest BCUT2D eigenvalue weighted by Gasteiger charge is 2.28. The molecule has 0 aliphatic rings. The van der Waals surface area contributed by atoms with Gasteiger partial charge in [-0.3, -0.25) is 23.4 Å². The fourth-order valence-corrected chi connectivity index (χ4v) is 6.42. The molecule has 0 saturated carbocycles. The Labute approximate surface area is 339 Å². The van der Waals surface area contributed by atoms with Crippen LogP contribution in [0.5, 0.6) is 0 Å². The Balaban J connectivity index is 4.41. The van der Waals surface area contributed by atoms with E-state index in [9.17, 15) is 23.8 Å². The van der Waals surface area contributed by atoms with Crippen LogP contribution in [0.1, 0.15) is 181 Å². The Bertz CT molecular complexity index is 1140. The predicted octanol–water partition coefficient (Wildman–Crippen LogP) is 11.4. The van der Waals surface area contributed by atoms with E-state index < -0.39 is 51.1 Å². The number of carbonyl (C=O) groups excluding carboxylic acids is 2. The van der Waals surface area contributed by atoms with E-state index in [0.717, 1.165) is 38.5 Å². The van der Waals surface area contributed by atoms with Crippen LogP contribution in [0.2, 0.25) is 0 Å². The molecule has 0 radical (unpaired) electrons. The van der Waals surface area contributed by atoms with Crippen molar-refractivity contribution in [3.63, 3.8) is 0 Å². The molecular weight excluding hydrogens is 733 g/mol. The van der Waals surface area contributed by atoms with E-state index in [0.29, 0.717) is 19.3 Å². The highest BCUT2D eigenvalue weighted by Crippen LogP contribution is 2.43. The summed E-state index contributed by atoms with van der Waals surface area (Å²) in [4.78, 5) is 45.8. The van der Waals surface area contributed by atoms with Crippen molar-refractivity contribution in [1.82, 2.24) is 0 Å². The molecule has 0 saturated heterocycles. The van der Waals surface area contributed by atoms with E-state index in [1.165, 1.54) is 96.3 Å². The Kier molecular flexibility index (Phi) is 37.5. The molecule has 324 valence electrons. The molecule has 11 nitrogen and oxygen atoms in total. The number of rotatable bonds is 40. The lowest BCUT2D eigenvalue weighted by Gasteiger charge is -2.20. The van der Waals surface area contributed by atoms with E-state index in [-0.39, 0.29) is 19.4 Å². The van der Waals surface area contributed by atoms with Crippen molar-refractivity contribution in [2.24, 2.45) is 5.73 Å². The number of unbranched alkanes of at least 4 members (excludes halogenated alkanes) is 18. The number of ether oxygens (including phenoxy) is 2. The van der Waals surface area contributed by atoms with E-state index in [1.54, 1.807) is 0 Å². The molecule has 0 aliphatic heterocycles. The Morgan fingerprint density at radius 3 is 1.46 bits per heavy atom. The predicted molar refractivity (Wildman–Crippen MR) is 226 cm³/mol. The molecule has 56 heavy (non-hydrogen) atoms. The number of phosphoric ester groups is 1. The average Bonchev–Trinajstić information content (AvgIpc) is 3.17. The van der Waals surface area contributed by atoms with Gasteiger partial charge in [0.05, 0.1) is 13.2 Å². The molecule has 0 aromatic rings. The second-order valence-corrected chi connectivity index (χ2v) is 15.9. The molecular formula is C44H78NO10P. The maximum Gasteiger partial charge on any atom is 0.472 e. The van der Waals surface area contributed by atoms with Crippen LogP contribution in [0, 0.1) is 0 Å². The number of hydrogen-bond acceptors (Lipinski definition) is 9. The third-order valence-corrected chi connectivity index (χ3v) is 10.0. The summed E-state index contributed by atoms with van der Waals surface area (Å²) in [6.07, 6.45) is 43.4. The topological polar surface area (TPSA) is 172 Å². The zero-order valence-electron chi connectivity index (χ0n) is 35.0. The number of nitrogens with two attached hydrogens (primary N) is 1. The van der Waals surface area contributed by atoms with Gasteiger partial charge in [0.1, 0.15) is 12.6 Å². The quantitative estimate of drug-likeness (QED) is 0.0233. The molecule has 0 aromatic carbocycles. The monoisotopic (exact) mass is 812 g/mol. The average molecular weight is 812 g/mol. The molecule has 0 amide bonds. The van der Waals surface area contributed by atoms with Crippen molar-refractivity contribution < 1.29 is 47.5 Å². The number of phosphoric acid groups is 1. The first-order chi connectivity index (χ1) is 27.1. The smallest absolute Gasteiger partial charge is 0.472 e. The Morgan fingerprint density at radius 1 is 0.554 bits per heavy atom. The lowest BCUT2D eigenvalue weighted by molar-refractivity contribution is -0.161. The summed E-state index contributed by atoms with van der Waals surface area (Å²) in [5.74, 6) is -2.45. The van der Waals surface area contributed by atoms with E-state index in [4.69, 9.17) is 24.8 Å². The minimum absolute atomic E-state index is 0.146. The molecule has 1 unspecified atom stereocenters. The molecule has 0 aliphatic carbocycles.